The molecule has 0 radical (unpaired) electrons. The molecule has 0 unspecified atom stereocenters. The highest BCUT2D eigenvalue weighted by atomic mass is 16.5. The van der Waals surface area contributed by atoms with Crippen LogP contribution in [0, 0.1) is 0 Å². The third-order valence-electron chi connectivity index (χ3n) is 3.80. The van der Waals surface area contributed by atoms with Crippen LogP contribution in [-0.2, 0) is 4.74 Å². The molecule has 8 heteroatoms. The summed E-state index contributed by atoms with van der Waals surface area (Å²) in [5, 5.41) is 10.9. The van der Waals surface area contributed by atoms with E-state index in [0.717, 1.165) is 0 Å². The molecule has 3 rings (SSSR count). The van der Waals surface area contributed by atoms with Gasteiger partial charge in [-0.2, -0.15) is 0 Å². The lowest BCUT2D eigenvalue weighted by Gasteiger charge is -2.13. The molecule has 27 heavy (non-hydrogen) atoms. The van der Waals surface area contributed by atoms with Gasteiger partial charge in [-0.1, -0.05) is 6.07 Å². The Hall–Kier alpha value is -3.55. The molecule has 1 atom stereocenters. The van der Waals surface area contributed by atoms with Gasteiger partial charge in [0.2, 0.25) is 5.78 Å². The van der Waals surface area contributed by atoms with Gasteiger partial charge in [0, 0.05) is 5.56 Å². The quantitative estimate of drug-likeness (QED) is 0.468. The minimum absolute atomic E-state index is 0.289. The first-order chi connectivity index (χ1) is 13.1. The van der Waals surface area contributed by atoms with Crippen molar-refractivity contribution in [2.75, 3.05) is 6.61 Å². The number of hydrogen-bond donors (Lipinski definition) is 0. The lowest BCUT2D eigenvalue weighted by molar-refractivity contribution is 0.0319. The number of ether oxygens (including phenoxy) is 2. The summed E-state index contributed by atoms with van der Waals surface area (Å²) in [6.45, 7) is 3.97. The summed E-state index contributed by atoms with van der Waals surface area (Å²) >= 11 is 0. The lowest BCUT2D eigenvalue weighted by atomic mass is 10.1. The van der Waals surface area contributed by atoms with Gasteiger partial charge in [0.05, 0.1) is 17.9 Å². The van der Waals surface area contributed by atoms with Gasteiger partial charge in [-0.25, -0.2) is 9.48 Å². The summed E-state index contributed by atoms with van der Waals surface area (Å²) in [5.41, 5.74) is 1.36. The molecule has 1 aromatic heterocycles. The minimum atomic E-state index is -0.924. The summed E-state index contributed by atoms with van der Waals surface area (Å²) < 4.78 is 12.1. The average Bonchev–Trinajstić information content (AvgIpc) is 3.23. The van der Waals surface area contributed by atoms with Crippen LogP contribution in [0.25, 0.3) is 5.69 Å². The summed E-state index contributed by atoms with van der Waals surface area (Å²) in [5.74, 6) is -0.210. The number of carbonyl (C=O) groups excluding carboxylic acids is 2. The van der Waals surface area contributed by atoms with Crippen molar-refractivity contribution in [3.63, 3.8) is 0 Å². The predicted octanol–water partition coefficient (Wildman–Crippen LogP) is 2.49. The summed E-state index contributed by atoms with van der Waals surface area (Å²) in [6.07, 6.45) is 0.495. The SMILES string of the molecule is CCOc1ccc(C(=O)[C@H](C)OC(=O)c2cccc(-n3cnnn3)c2)cc1. The minimum Gasteiger partial charge on any atom is -0.494 e. The zero-order valence-electron chi connectivity index (χ0n) is 14.9. The van der Waals surface area contributed by atoms with E-state index in [1.54, 1.807) is 55.5 Å². The van der Waals surface area contributed by atoms with Crippen molar-refractivity contribution >= 4 is 11.8 Å². The Balaban J connectivity index is 1.68. The van der Waals surface area contributed by atoms with Crippen LogP contribution >= 0.6 is 0 Å². The van der Waals surface area contributed by atoms with Crippen molar-refractivity contribution < 1.29 is 19.1 Å². The van der Waals surface area contributed by atoms with Gasteiger partial charge in [0.25, 0.3) is 0 Å². The number of tetrazole rings is 1. The van der Waals surface area contributed by atoms with E-state index in [1.165, 1.54) is 11.0 Å². The molecule has 0 aliphatic rings. The molecule has 0 aliphatic heterocycles. The number of esters is 1. The molecule has 8 nitrogen and oxygen atoms in total. The Morgan fingerprint density at radius 2 is 1.89 bits per heavy atom. The monoisotopic (exact) mass is 366 g/mol. The molecule has 0 fully saturated rings. The molecule has 0 N–H and O–H groups in total. The van der Waals surface area contributed by atoms with Gasteiger partial charge in [-0.05, 0) is 66.7 Å². The normalized spacial score (nSPS) is 11.6. The first-order valence-corrected chi connectivity index (χ1v) is 8.40. The maximum absolute atomic E-state index is 12.5. The van der Waals surface area contributed by atoms with Crippen LogP contribution in [0.5, 0.6) is 5.75 Å². The highest BCUT2D eigenvalue weighted by molar-refractivity contribution is 6.01. The molecule has 0 bridgehead atoms. The van der Waals surface area contributed by atoms with Gasteiger partial charge in [-0.3, -0.25) is 4.79 Å². The topological polar surface area (TPSA) is 96.2 Å². The van der Waals surface area contributed by atoms with Gasteiger partial charge < -0.3 is 9.47 Å². The second kappa shape index (κ2) is 8.22. The number of Topliss-reactive ketones (excluding diaryl/α,β-unsaturated/α-hetero) is 1. The molecule has 0 aliphatic carbocycles. The van der Waals surface area contributed by atoms with Crippen LogP contribution in [0.1, 0.15) is 34.6 Å². The third kappa shape index (κ3) is 4.35. The summed E-state index contributed by atoms with van der Waals surface area (Å²) in [6, 6.07) is 13.3. The second-order valence-electron chi connectivity index (χ2n) is 5.67. The van der Waals surface area contributed by atoms with E-state index in [0.29, 0.717) is 29.2 Å². The van der Waals surface area contributed by atoms with E-state index in [-0.39, 0.29) is 5.78 Å². The first kappa shape index (κ1) is 18.2. The van der Waals surface area contributed by atoms with E-state index in [4.69, 9.17) is 9.47 Å². The molecule has 0 saturated heterocycles. The zero-order chi connectivity index (χ0) is 19.2. The molecule has 3 aromatic rings. The van der Waals surface area contributed by atoms with Crippen molar-refractivity contribution in [3.05, 3.63) is 66.0 Å². The largest absolute Gasteiger partial charge is 0.494 e. The number of nitrogens with zero attached hydrogens (tertiary/aromatic N) is 4. The van der Waals surface area contributed by atoms with E-state index in [2.05, 4.69) is 15.5 Å². The Labute approximate surface area is 155 Å². The predicted molar refractivity (Wildman–Crippen MR) is 96.0 cm³/mol. The van der Waals surface area contributed by atoms with Crippen molar-refractivity contribution in [2.24, 2.45) is 0 Å². The Bertz CT molecular complexity index is 923. The number of rotatable bonds is 7. The first-order valence-electron chi connectivity index (χ1n) is 8.40. The maximum atomic E-state index is 12.5. The molecule has 0 amide bonds. The molecule has 0 spiro atoms. The average molecular weight is 366 g/mol. The van der Waals surface area contributed by atoms with Crippen LogP contribution < -0.4 is 4.74 Å². The Kier molecular flexibility index (Phi) is 5.55. The van der Waals surface area contributed by atoms with E-state index < -0.39 is 12.1 Å². The van der Waals surface area contributed by atoms with Crippen molar-refractivity contribution in [1.82, 2.24) is 20.2 Å². The van der Waals surface area contributed by atoms with Gasteiger partial charge in [0.15, 0.2) is 6.10 Å². The third-order valence-corrected chi connectivity index (χ3v) is 3.80. The highest BCUT2D eigenvalue weighted by Crippen LogP contribution is 2.16. The fraction of sp³-hybridized carbons (Fsp3) is 0.211. The lowest BCUT2D eigenvalue weighted by Crippen LogP contribution is -2.24. The number of carbonyl (C=O) groups is 2. The fourth-order valence-electron chi connectivity index (χ4n) is 2.45. The van der Waals surface area contributed by atoms with Gasteiger partial charge in [-0.15, -0.1) is 5.10 Å². The second-order valence-corrected chi connectivity index (χ2v) is 5.67. The van der Waals surface area contributed by atoms with Crippen LogP contribution in [-0.4, -0.2) is 44.7 Å². The Morgan fingerprint density at radius 1 is 1.11 bits per heavy atom. The molecular formula is C19H18N4O4. The van der Waals surface area contributed by atoms with E-state index >= 15 is 0 Å². The summed E-state index contributed by atoms with van der Waals surface area (Å²) in [4.78, 5) is 24.9. The number of benzene rings is 2. The summed E-state index contributed by atoms with van der Waals surface area (Å²) in [7, 11) is 0. The van der Waals surface area contributed by atoms with Crippen molar-refractivity contribution in [2.45, 2.75) is 20.0 Å². The molecule has 138 valence electrons. The van der Waals surface area contributed by atoms with Crippen LogP contribution in [0.4, 0.5) is 0 Å². The van der Waals surface area contributed by atoms with E-state index in [9.17, 15) is 9.59 Å². The van der Waals surface area contributed by atoms with Crippen LogP contribution in [0.2, 0.25) is 0 Å². The molecule has 2 aromatic carbocycles. The standard InChI is InChI=1S/C19H18N4O4/c1-3-26-17-9-7-14(8-10-17)18(24)13(2)27-19(25)15-5-4-6-16(11-15)23-12-20-21-22-23/h4-13H,3H2,1-2H3/t13-/m0/s1. The van der Waals surface area contributed by atoms with E-state index in [1.807, 2.05) is 6.92 Å². The van der Waals surface area contributed by atoms with Gasteiger partial charge in [0.1, 0.15) is 12.1 Å². The van der Waals surface area contributed by atoms with Crippen LogP contribution in [0.3, 0.4) is 0 Å². The highest BCUT2D eigenvalue weighted by Gasteiger charge is 2.21. The Morgan fingerprint density at radius 3 is 2.56 bits per heavy atom. The number of ketones is 1. The van der Waals surface area contributed by atoms with Crippen molar-refractivity contribution in [1.29, 1.82) is 0 Å². The number of aromatic nitrogens is 4. The van der Waals surface area contributed by atoms with Crippen molar-refractivity contribution in [3.8, 4) is 11.4 Å². The maximum Gasteiger partial charge on any atom is 0.338 e. The molecule has 1 heterocycles. The van der Waals surface area contributed by atoms with Gasteiger partial charge >= 0.3 is 5.97 Å². The molecular weight excluding hydrogens is 348 g/mol. The number of hydrogen-bond acceptors (Lipinski definition) is 7. The smallest absolute Gasteiger partial charge is 0.338 e. The van der Waals surface area contributed by atoms with Crippen LogP contribution in [0.15, 0.2) is 54.9 Å². The molecule has 0 saturated carbocycles. The fourth-order valence-corrected chi connectivity index (χ4v) is 2.45. The zero-order valence-corrected chi connectivity index (χ0v) is 14.9.